The van der Waals surface area contributed by atoms with E-state index in [1.807, 2.05) is 0 Å². The number of hydrogen-bond donors (Lipinski definition) is 8. The summed E-state index contributed by atoms with van der Waals surface area (Å²) in [5.41, 5.74) is 0.655. The van der Waals surface area contributed by atoms with Crippen LogP contribution in [0.25, 0.3) is 21.8 Å². The molecule has 27 heteroatoms. The maximum atomic E-state index is 14.5. The normalized spacial score (nSPS) is 20.1. The van der Waals surface area contributed by atoms with Crippen molar-refractivity contribution >= 4 is 153 Å². The van der Waals surface area contributed by atoms with Gasteiger partial charge < -0.3 is 61.1 Å². The predicted octanol–water partition coefficient (Wildman–Crippen LogP) is 10.6. The molecular weight excluding hydrogens is 1430 g/mol. The van der Waals surface area contributed by atoms with Crippen molar-refractivity contribution in [3.63, 3.8) is 0 Å². The van der Waals surface area contributed by atoms with E-state index in [1.54, 1.807) is 62.8 Å². The van der Waals surface area contributed by atoms with Crippen LogP contribution in [-0.4, -0.2) is 118 Å². The highest BCUT2D eigenvalue weighted by Crippen LogP contribution is 2.41. The molecule has 2 saturated heterocycles. The number of carbonyl (C=O) groups excluding carboxylic acids is 2. The van der Waals surface area contributed by atoms with Crippen LogP contribution in [0, 0.1) is 11.6 Å². The van der Waals surface area contributed by atoms with Gasteiger partial charge in [0.2, 0.25) is 11.8 Å². The summed E-state index contributed by atoms with van der Waals surface area (Å²) in [6.07, 6.45) is 9.48. The van der Waals surface area contributed by atoms with E-state index in [1.165, 1.54) is 24.8 Å². The second-order valence-electron chi connectivity index (χ2n) is 18.1. The van der Waals surface area contributed by atoms with Gasteiger partial charge in [0.05, 0.1) is 70.0 Å². The first kappa shape index (κ1) is 65.3. The molecule has 2 spiro atoms. The number of nitrogens with zero attached hydrogens (tertiary/aromatic N) is 4. The van der Waals surface area contributed by atoms with Crippen LogP contribution < -0.4 is 50.8 Å². The van der Waals surface area contributed by atoms with Crippen LogP contribution in [-0.2, 0) is 19.2 Å². The van der Waals surface area contributed by atoms with Crippen molar-refractivity contribution < 1.29 is 57.1 Å². The second kappa shape index (κ2) is 30.5. The molecule has 2 aliphatic heterocycles. The minimum Gasteiger partial charge on any atom is -0.493 e. The molecule has 0 radical (unpaired) electrons. The number of anilines is 4. The van der Waals surface area contributed by atoms with Crippen LogP contribution in [0.2, 0.25) is 10.0 Å². The van der Waals surface area contributed by atoms with Crippen molar-refractivity contribution in [1.82, 2.24) is 41.2 Å². The molecule has 4 fully saturated rings. The molecule has 10 rings (SSSR count). The minimum absolute atomic E-state index is 0. The fourth-order valence-electron chi connectivity index (χ4n) is 9.45. The molecule has 0 atom stereocenters. The van der Waals surface area contributed by atoms with Crippen LogP contribution >= 0.6 is 84.4 Å². The first-order valence-electron chi connectivity index (χ1n) is 24.4. The Labute approximate surface area is 510 Å². The van der Waals surface area contributed by atoms with E-state index in [2.05, 4.69) is 89.1 Å². The van der Waals surface area contributed by atoms with Gasteiger partial charge in [0.25, 0.3) is 0 Å². The van der Waals surface area contributed by atoms with E-state index >= 15 is 0 Å². The molecule has 4 heterocycles. The van der Waals surface area contributed by atoms with Gasteiger partial charge in [-0.2, -0.15) is 0 Å². The highest BCUT2D eigenvalue weighted by Gasteiger charge is 2.45. The number of aromatic nitrogens is 4. The Morgan fingerprint density at radius 1 is 0.637 bits per heavy atom. The lowest BCUT2D eigenvalue weighted by Gasteiger charge is -2.42. The number of rotatable bonds is 12. The number of fused-ring (bicyclic) bond motifs is 2. The van der Waals surface area contributed by atoms with Crippen LogP contribution in [0.3, 0.4) is 0 Å². The van der Waals surface area contributed by atoms with Gasteiger partial charge >= 0.3 is 11.9 Å². The fourth-order valence-corrected chi connectivity index (χ4v) is 9.80. The number of nitrogens with one attached hydrogen (secondary N) is 6. The Morgan fingerprint density at radius 2 is 1.01 bits per heavy atom. The van der Waals surface area contributed by atoms with Gasteiger partial charge in [-0.05, 0) is 87.8 Å². The van der Waals surface area contributed by atoms with Crippen LogP contribution in [0.1, 0.15) is 58.8 Å². The van der Waals surface area contributed by atoms with Crippen molar-refractivity contribution in [2.45, 2.75) is 82.1 Å². The molecule has 2 saturated carbocycles. The van der Waals surface area contributed by atoms with Crippen molar-refractivity contribution in [2.75, 3.05) is 51.0 Å². The third-order valence-corrected chi connectivity index (χ3v) is 14.0. The Kier molecular flexibility index (Phi) is 24.9. The number of carboxylic acids is 2. The smallest absolute Gasteiger partial charge is 0.328 e. The number of ether oxygens (including phenoxy) is 4. The highest BCUT2D eigenvalue weighted by atomic mass is 128. The average molecular weight is 1490 g/mol. The summed E-state index contributed by atoms with van der Waals surface area (Å²) in [4.78, 5) is 61.2. The quantitative estimate of drug-likeness (QED) is 0.0418. The van der Waals surface area contributed by atoms with Gasteiger partial charge in [-0.1, -0.05) is 42.8 Å². The molecule has 20 nitrogen and oxygen atoms in total. The number of amides is 2. The lowest BCUT2D eigenvalue weighted by atomic mass is 9.78. The van der Waals surface area contributed by atoms with E-state index in [-0.39, 0.29) is 76.8 Å². The van der Waals surface area contributed by atoms with Crippen LogP contribution in [0.5, 0.6) is 23.0 Å². The fraction of sp³-hybridized carbons (Fsp3) is 0.358. The summed E-state index contributed by atoms with van der Waals surface area (Å²) in [5.74, 6) is -0.478. The average Bonchev–Trinajstić information content (AvgIpc) is 3.44. The third-order valence-electron chi connectivity index (χ3n) is 13.4. The number of hydrogen-bond acceptors (Lipinski definition) is 16. The first-order valence-corrected chi connectivity index (χ1v) is 31.4. The number of benzene rings is 4. The van der Waals surface area contributed by atoms with Crippen molar-refractivity contribution in [1.29, 1.82) is 0 Å². The maximum absolute atomic E-state index is 14.5. The molecule has 8 N–H and O–H groups in total. The number of methoxy groups -OCH3 is 2. The SMILES string of the molecule is C.COc1cc2ncnc(Nc3cccc(Cl)c3F)c2cc1OC1CCC2(CC1)NCCNC2=O.COc1cc2ncnc(Nc3cccc(Cl)c3F)c2cc1OC1CCC2(CC1)NCCNC2=O.I.II.O=C(O)/C=C/C(=O)O. The molecule has 4 aromatic carbocycles. The summed E-state index contributed by atoms with van der Waals surface area (Å²) in [6.45, 7) is 2.87. The molecule has 2 aromatic heterocycles. The summed E-state index contributed by atoms with van der Waals surface area (Å²) >= 11 is 16.1. The van der Waals surface area contributed by atoms with Crippen molar-refractivity contribution in [3.8, 4) is 23.0 Å². The molecule has 80 heavy (non-hydrogen) atoms. The Hall–Kier alpha value is -5.47. The van der Waals surface area contributed by atoms with E-state index < -0.39 is 34.7 Å². The minimum atomic E-state index is -1.26. The number of halogens is 7. The second-order valence-corrected chi connectivity index (χ2v) is 18.9. The molecule has 4 aliphatic rings. The van der Waals surface area contributed by atoms with Gasteiger partial charge in [-0.25, -0.2) is 38.3 Å². The van der Waals surface area contributed by atoms with Crippen LogP contribution in [0.15, 0.2) is 85.5 Å². The molecule has 2 amide bonds. The standard InChI is InChI=1S/2C24H25ClFN5O3.C4H4O4.CH4.I2.HI/c2*1-33-19-12-18-15(22(29-13-28-18)31-17-4-2-3-16(25)21(17)26)11-20(19)34-14-5-7-24(8-6-14)23(32)27-9-10-30-24;5-3(6)1-2-4(7)8;;1-2;/h2*2-4,11-14,30H,5-10H2,1H3,(H,27,32)(H,28,29,31);1-2H,(H,5,6)(H,7,8);1H4;;1H/b;;2-1+;;;. The molecule has 0 unspecified atom stereocenters. The molecular formula is C53H59Cl2F2I3N10O10. The van der Waals surface area contributed by atoms with E-state index in [9.17, 15) is 28.0 Å². The van der Waals surface area contributed by atoms with Gasteiger partial charge in [0.1, 0.15) is 24.3 Å². The lowest BCUT2D eigenvalue weighted by molar-refractivity contribution is -0.134. The highest BCUT2D eigenvalue weighted by molar-refractivity contribution is 15.0. The topological polar surface area (TPSA) is 269 Å². The summed E-state index contributed by atoms with van der Waals surface area (Å²) in [7, 11) is 3.14. The molecule has 2 aliphatic carbocycles. The zero-order valence-electron chi connectivity index (χ0n) is 42.3. The monoisotopic (exact) mass is 1480 g/mol. The van der Waals surface area contributed by atoms with E-state index in [0.717, 1.165) is 38.8 Å². The molecule has 6 aromatic rings. The van der Waals surface area contributed by atoms with E-state index in [0.29, 0.717) is 107 Å². The third kappa shape index (κ3) is 16.2. The number of aliphatic carboxylic acids is 2. The van der Waals surface area contributed by atoms with Crippen molar-refractivity contribution in [2.24, 2.45) is 0 Å². The number of carboxylic acid groups (broad SMARTS) is 2. The van der Waals surface area contributed by atoms with Gasteiger partial charge in [0, 0.05) is 98.5 Å². The largest absolute Gasteiger partial charge is 0.493 e. The predicted molar refractivity (Wildman–Crippen MR) is 329 cm³/mol. The van der Waals surface area contributed by atoms with Gasteiger partial charge in [-0.3, -0.25) is 9.59 Å². The summed E-state index contributed by atoms with van der Waals surface area (Å²) in [5, 5.41) is 35.7. The Morgan fingerprint density at radius 3 is 1.35 bits per heavy atom. The number of piperazine rings is 2. The zero-order chi connectivity index (χ0) is 56.0. The zero-order valence-corrected chi connectivity index (χ0v) is 50.5. The van der Waals surface area contributed by atoms with Crippen molar-refractivity contribution in [3.05, 3.63) is 107 Å². The summed E-state index contributed by atoms with van der Waals surface area (Å²) in [6, 6.07) is 16.6. The Balaban J connectivity index is 0.000000247. The Bertz CT molecular complexity index is 2970. The lowest BCUT2D eigenvalue weighted by Crippen LogP contribution is -2.64. The van der Waals surface area contributed by atoms with Crippen LogP contribution in [0.4, 0.5) is 31.8 Å². The summed E-state index contributed by atoms with van der Waals surface area (Å²) < 4.78 is 52.7. The molecule has 0 bridgehead atoms. The van der Waals surface area contributed by atoms with E-state index in [4.69, 9.17) is 52.4 Å². The maximum Gasteiger partial charge on any atom is 0.328 e. The number of carbonyl (C=O) groups is 4. The van der Waals surface area contributed by atoms with Gasteiger partial charge in [-0.15, -0.1) is 24.0 Å². The van der Waals surface area contributed by atoms with Gasteiger partial charge in [0.15, 0.2) is 34.6 Å². The molecule has 430 valence electrons. The first-order chi connectivity index (χ1) is 37.6.